The second-order valence-corrected chi connectivity index (χ2v) is 3.74. The average molecular weight is 247 g/mol. The summed E-state index contributed by atoms with van der Waals surface area (Å²) in [6.07, 6.45) is 1.48. The van der Waals surface area contributed by atoms with Gasteiger partial charge in [-0.2, -0.15) is 4.68 Å². The molecule has 0 saturated heterocycles. The molecule has 92 valence electrons. The van der Waals surface area contributed by atoms with E-state index in [9.17, 15) is 4.79 Å². The van der Waals surface area contributed by atoms with Gasteiger partial charge < -0.3 is 13.4 Å². The Balaban J connectivity index is 1.92. The molecule has 0 bridgehead atoms. The number of hydrogen-bond acceptors (Lipinski definition) is 6. The van der Waals surface area contributed by atoms with Crippen LogP contribution in [0.2, 0.25) is 0 Å². The van der Waals surface area contributed by atoms with E-state index in [1.165, 1.54) is 6.26 Å². The quantitative estimate of drug-likeness (QED) is 0.695. The predicted molar refractivity (Wildman–Crippen MR) is 58.8 cm³/mol. The zero-order chi connectivity index (χ0) is 12.5. The molecule has 7 heteroatoms. The summed E-state index contributed by atoms with van der Waals surface area (Å²) >= 11 is 0. The predicted octanol–water partition coefficient (Wildman–Crippen LogP) is 1.44. The van der Waals surface area contributed by atoms with Crippen LogP contribution in [0.4, 0.5) is 0 Å². The van der Waals surface area contributed by atoms with Gasteiger partial charge in [0.2, 0.25) is 0 Å². The molecule has 0 unspecified atom stereocenters. The van der Waals surface area contributed by atoms with Gasteiger partial charge in [-0.1, -0.05) is 5.16 Å². The van der Waals surface area contributed by atoms with Crippen LogP contribution in [0.25, 0.3) is 11.7 Å². The Morgan fingerprint density at radius 3 is 3.00 bits per heavy atom. The van der Waals surface area contributed by atoms with Crippen molar-refractivity contribution in [3.63, 3.8) is 0 Å². The minimum absolute atomic E-state index is 0.140. The molecule has 0 aliphatic heterocycles. The summed E-state index contributed by atoms with van der Waals surface area (Å²) in [7, 11) is 0. The molecular formula is C11H9N3O4. The van der Waals surface area contributed by atoms with Gasteiger partial charge in [0.15, 0.2) is 11.5 Å². The van der Waals surface area contributed by atoms with E-state index in [-0.39, 0.29) is 12.4 Å². The minimum atomic E-state index is -0.574. The number of hydrogen-bond donors (Lipinski definition) is 0. The molecule has 0 radical (unpaired) electrons. The van der Waals surface area contributed by atoms with E-state index in [0.29, 0.717) is 11.5 Å². The first-order valence-corrected chi connectivity index (χ1v) is 5.26. The Kier molecular flexibility index (Phi) is 2.36. The number of aryl methyl sites for hydroxylation is 1. The van der Waals surface area contributed by atoms with Gasteiger partial charge in [0.25, 0.3) is 5.89 Å². The molecule has 3 aromatic heterocycles. The zero-order valence-electron chi connectivity index (χ0n) is 9.49. The number of furan rings is 1. The second-order valence-electron chi connectivity index (χ2n) is 3.74. The average Bonchev–Trinajstić information content (AvgIpc) is 3.02. The van der Waals surface area contributed by atoms with Crippen LogP contribution >= 0.6 is 0 Å². The summed E-state index contributed by atoms with van der Waals surface area (Å²) in [4.78, 5) is 11.6. The molecule has 0 aliphatic carbocycles. The van der Waals surface area contributed by atoms with E-state index in [1.54, 1.807) is 25.1 Å². The van der Waals surface area contributed by atoms with Crippen molar-refractivity contribution in [1.82, 2.24) is 14.9 Å². The summed E-state index contributed by atoms with van der Waals surface area (Å²) < 4.78 is 16.2. The number of aromatic nitrogens is 3. The van der Waals surface area contributed by atoms with E-state index in [4.69, 9.17) is 13.4 Å². The third kappa shape index (κ3) is 1.86. The fourth-order valence-electron chi connectivity index (χ4n) is 1.54. The van der Waals surface area contributed by atoms with Crippen molar-refractivity contribution in [3.05, 3.63) is 46.5 Å². The molecular weight excluding hydrogens is 238 g/mol. The van der Waals surface area contributed by atoms with Crippen molar-refractivity contribution in [3.8, 4) is 11.7 Å². The Morgan fingerprint density at radius 2 is 2.33 bits per heavy atom. The Labute approximate surface area is 101 Å². The van der Waals surface area contributed by atoms with Crippen LogP contribution in [0.15, 0.2) is 42.6 Å². The van der Waals surface area contributed by atoms with E-state index >= 15 is 0 Å². The lowest BCUT2D eigenvalue weighted by atomic mass is 10.4. The maximum Gasteiger partial charge on any atom is 0.437 e. The Morgan fingerprint density at radius 1 is 1.44 bits per heavy atom. The first-order valence-electron chi connectivity index (χ1n) is 5.26. The Bertz CT molecular complexity index is 705. The molecule has 0 spiro atoms. The first kappa shape index (κ1) is 10.6. The monoisotopic (exact) mass is 247 g/mol. The fourth-order valence-corrected chi connectivity index (χ4v) is 1.54. The first-order chi connectivity index (χ1) is 8.72. The van der Waals surface area contributed by atoms with Gasteiger partial charge >= 0.3 is 5.76 Å². The summed E-state index contributed by atoms with van der Waals surface area (Å²) in [6.45, 7) is 1.97. The van der Waals surface area contributed by atoms with Gasteiger partial charge in [0.05, 0.1) is 12.0 Å². The molecule has 3 rings (SSSR count). The van der Waals surface area contributed by atoms with Gasteiger partial charge in [-0.25, -0.2) is 4.79 Å². The molecule has 3 aromatic rings. The van der Waals surface area contributed by atoms with Gasteiger partial charge in [-0.15, -0.1) is 5.10 Å². The molecule has 0 fully saturated rings. The highest BCUT2D eigenvalue weighted by atomic mass is 16.5. The topological polar surface area (TPSA) is 87.2 Å². The molecule has 3 heterocycles. The maximum atomic E-state index is 11.6. The molecule has 0 saturated carbocycles. The van der Waals surface area contributed by atoms with Gasteiger partial charge in [0, 0.05) is 6.07 Å². The van der Waals surface area contributed by atoms with Crippen LogP contribution < -0.4 is 5.76 Å². The van der Waals surface area contributed by atoms with Crippen molar-refractivity contribution in [2.45, 2.75) is 13.5 Å². The summed E-state index contributed by atoms with van der Waals surface area (Å²) in [5.74, 6) is 0.505. The lowest BCUT2D eigenvalue weighted by Gasteiger charge is -1.91. The molecule has 0 aromatic carbocycles. The Hall–Kier alpha value is -2.57. The molecule has 7 nitrogen and oxygen atoms in total. The molecule has 0 amide bonds. The summed E-state index contributed by atoms with van der Waals surface area (Å²) in [6, 6.07) is 5.08. The van der Waals surface area contributed by atoms with Gasteiger partial charge in [0.1, 0.15) is 6.54 Å². The fraction of sp³-hybridized carbons (Fsp3) is 0.182. The number of rotatable bonds is 3. The van der Waals surface area contributed by atoms with Crippen LogP contribution in [0, 0.1) is 6.92 Å². The van der Waals surface area contributed by atoms with E-state index < -0.39 is 5.76 Å². The largest absolute Gasteiger partial charge is 0.459 e. The lowest BCUT2D eigenvalue weighted by molar-refractivity contribution is 0.362. The van der Waals surface area contributed by atoms with Gasteiger partial charge in [-0.05, 0) is 19.1 Å². The SMILES string of the molecule is Cc1cc(Cn2nc(-c3ccco3)oc2=O)on1. The van der Waals surface area contributed by atoms with Crippen molar-refractivity contribution >= 4 is 0 Å². The summed E-state index contributed by atoms with van der Waals surface area (Å²) in [5, 5.41) is 7.74. The zero-order valence-corrected chi connectivity index (χ0v) is 9.49. The number of nitrogens with zero attached hydrogens (tertiary/aromatic N) is 3. The van der Waals surface area contributed by atoms with Crippen molar-refractivity contribution in [2.75, 3.05) is 0 Å². The normalized spacial score (nSPS) is 10.9. The van der Waals surface area contributed by atoms with Crippen LogP contribution in [0.3, 0.4) is 0 Å². The summed E-state index contributed by atoms with van der Waals surface area (Å²) in [5.41, 5.74) is 0.743. The molecule has 0 N–H and O–H groups in total. The minimum Gasteiger partial charge on any atom is -0.459 e. The molecule has 0 aliphatic rings. The van der Waals surface area contributed by atoms with Crippen LogP contribution in [0.5, 0.6) is 0 Å². The smallest absolute Gasteiger partial charge is 0.437 e. The highest BCUT2D eigenvalue weighted by Gasteiger charge is 2.14. The highest BCUT2D eigenvalue weighted by Crippen LogP contribution is 2.15. The van der Waals surface area contributed by atoms with Crippen LogP contribution in [-0.4, -0.2) is 14.9 Å². The maximum absolute atomic E-state index is 11.6. The van der Waals surface area contributed by atoms with E-state index in [2.05, 4.69) is 10.3 Å². The lowest BCUT2D eigenvalue weighted by Crippen LogP contribution is -2.16. The molecule has 0 atom stereocenters. The second kappa shape index (κ2) is 4.02. The van der Waals surface area contributed by atoms with Gasteiger partial charge in [-0.3, -0.25) is 0 Å². The highest BCUT2D eigenvalue weighted by molar-refractivity contribution is 5.42. The van der Waals surface area contributed by atoms with E-state index in [0.717, 1.165) is 10.4 Å². The van der Waals surface area contributed by atoms with Crippen molar-refractivity contribution in [1.29, 1.82) is 0 Å². The van der Waals surface area contributed by atoms with Crippen molar-refractivity contribution < 1.29 is 13.4 Å². The van der Waals surface area contributed by atoms with Crippen LogP contribution in [0.1, 0.15) is 11.5 Å². The third-order valence-electron chi connectivity index (χ3n) is 2.32. The van der Waals surface area contributed by atoms with Crippen LogP contribution in [-0.2, 0) is 6.54 Å². The third-order valence-corrected chi connectivity index (χ3v) is 2.32. The van der Waals surface area contributed by atoms with E-state index in [1.807, 2.05) is 0 Å². The molecule has 18 heavy (non-hydrogen) atoms. The standard InChI is InChI=1S/C11H9N3O4/c1-7-5-8(18-13-7)6-14-11(15)17-10(12-14)9-3-2-4-16-9/h2-5H,6H2,1H3. The van der Waals surface area contributed by atoms with Crippen molar-refractivity contribution in [2.24, 2.45) is 0 Å².